The van der Waals surface area contributed by atoms with Gasteiger partial charge in [-0.1, -0.05) is 30.3 Å². The van der Waals surface area contributed by atoms with Crippen LogP contribution in [0.25, 0.3) is 33.0 Å². The maximum Gasteiger partial charge on any atom is 0.258 e. The zero-order valence-electron chi connectivity index (χ0n) is 20.3. The molecule has 0 saturated carbocycles. The average molecular weight is 512 g/mol. The van der Waals surface area contributed by atoms with Crippen LogP contribution in [0.1, 0.15) is 30.8 Å². The van der Waals surface area contributed by atoms with E-state index < -0.39 is 5.60 Å². The van der Waals surface area contributed by atoms with E-state index in [0.29, 0.717) is 30.2 Å². The van der Waals surface area contributed by atoms with Crippen molar-refractivity contribution >= 4 is 34.2 Å². The molecule has 4 heterocycles. The molecule has 10 heteroatoms. The van der Waals surface area contributed by atoms with Crippen molar-refractivity contribution in [3.05, 3.63) is 77.6 Å². The van der Waals surface area contributed by atoms with Crippen LogP contribution in [-0.4, -0.2) is 54.4 Å². The number of imidazole rings is 1. The van der Waals surface area contributed by atoms with Crippen molar-refractivity contribution in [2.75, 3.05) is 18.9 Å². The maximum absolute atomic E-state index is 12.5. The first-order valence-corrected chi connectivity index (χ1v) is 12.9. The molecule has 1 aliphatic rings. The van der Waals surface area contributed by atoms with E-state index in [1.807, 2.05) is 60.8 Å². The van der Waals surface area contributed by atoms with Crippen molar-refractivity contribution < 1.29 is 9.90 Å². The lowest BCUT2D eigenvalue weighted by molar-refractivity contribution is -0.143. The van der Waals surface area contributed by atoms with Crippen LogP contribution in [0.2, 0.25) is 0 Å². The Morgan fingerprint density at radius 3 is 2.78 bits per heavy atom. The molecule has 3 N–H and O–H groups in total. The fourth-order valence-corrected chi connectivity index (χ4v) is 5.38. The summed E-state index contributed by atoms with van der Waals surface area (Å²) in [5.74, 6) is 1.01. The number of H-pyrrole nitrogens is 1. The zero-order valence-corrected chi connectivity index (χ0v) is 21.2. The number of thiazole rings is 1. The topological polar surface area (TPSA) is 120 Å². The Hall–Kier alpha value is -4.15. The lowest BCUT2D eigenvalue weighted by atomic mass is 9.91. The minimum absolute atomic E-state index is 0.125. The number of nitrogens with one attached hydrogen (secondary N) is 2. The fraction of sp³-hybridized carbons (Fsp3) is 0.222. The molecule has 2 unspecified atom stereocenters. The monoisotopic (exact) mass is 511 g/mol. The Morgan fingerprint density at radius 1 is 1.11 bits per heavy atom. The molecule has 1 saturated heterocycles. The van der Waals surface area contributed by atoms with Crippen LogP contribution in [0.15, 0.2) is 66.2 Å². The van der Waals surface area contributed by atoms with E-state index in [2.05, 4.69) is 25.3 Å². The van der Waals surface area contributed by atoms with E-state index in [9.17, 15) is 9.90 Å². The van der Waals surface area contributed by atoms with Crippen molar-refractivity contribution in [2.24, 2.45) is 0 Å². The number of benzene rings is 2. The molecule has 1 amide bonds. The van der Waals surface area contributed by atoms with E-state index in [4.69, 9.17) is 4.98 Å². The predicted octanol–water partition coefficient (Wildman–Crippen LogP) is 4.37. The first-order chi connectivity index (χ1) is 17.9. The quantitative estimate of drug-likeness (QED) is 0.310. The molecule has 1 aliphatic heterocycles. The smallest absolute Gasteiger partial charge is 0.258 e. The van der Waals surface area contributed by atoms with Gasteiger partial charge in [0.2, 0.25) is 5.95 Å². The van der Waals surface area contributed by atoms with Gasteiger partial charge in [-0.15, -0.1) is 11.3 Å². The maximum atomic E-state index is 12.5. The summed E-state index contributed by atoms with van der Waals surface area (Å²) >= 11 is 1.48. The van der Waals surface area contributed by atoms with Gasteiger partial charge in [-0.25, -0.2) is 19.9 Å². The van der Waals surface area contributed by atoms with Gasteiger partial charge < -0.3 is 20.3 Å². The molecular weight excluding hydrogens is 486 g/mol. The van der Waals surface area contributed by atoms with Gasteiger partial charge in [-0.3, -0.25) is 4.79 Å². The minimum Gasteiger partial charge on any atom is -0.375 e. The number of likely N-dealkylation sites (tertiary alicyclic amines) is 1. The van der Waals surface area contributed by atoms with E-state index in [1.165, 1.54) is 11.3 Å². The minimum atomic E-state index is -1.49. The number of nitrogens with zero attached hydrogens (tertiary/aromatic N) is 5. The summed E-state index contributed by atoms with van der Waals surface area (Å²) in [7, 11) is 1.71. The number of aromatic nitrogens is 5. The van der Waals surface area contributed by atoms with Gasteiger partial charge in [0, 0.05) is 37.2 Å². The molecule has 186 valence electrons. The molecular formula is C27H25N7O2S. The van der Waals surface area contributed by atoms with Crippen molar-refractivity contribution in [1.82, 2.24) is 29.8 Å². The molecule has 5 aromatic rings. The van der Waals surface area contributed by atoms with Crippen LogP contribution < -0.4 is 5.32 Å². The third-order valence-electron chi connectivity index (χ3n) is 6.68. The number of carbonyl (C=O) groups excluding carboxylic acids is 1. The molecule has 9 nitrogen and oxygen atoms in total. The molecule has 3 aromatic heterocycles. The van der Waals surface area contributed by atoms with Crippen molar-refractivity contribution in [1.29, 1.82) is 0 Å². The molecule has 0 aliphatic carbocycles. The third kappa shape index (κ3) is 4.24. The van der Waals surface area contributed by atoms with Gasteiger partial charge in [0.15, 0.2) is 5.60 Å². The number of aromatic amines is 1. The van der Waals surface area contributed by atoms with E-state index in [-0.39, 0.29) is 11.9 Å². The number of amides is 1. The summed E-state index contributed by atoms with van der Waals surface area (Å²) in [5, 5.41) is 17.1. The van der Waals surface area contributed by atoms with Crippen LogP contribution in [-0.2, 0) is 10.4 Å². The molecule has 2 atom stereocenters. The summed E-state index contributed by atoms with van der Waals surface area (Å²) in [4.78, 5) is 35.9. The number of aliphatic hydroxyl groups is 1. The standard InChI is InChI=1S/C27H25N7O2S/c1-16(23-30-19-8-3-4-9-20(19)31-23)29-26-28-12-10-21(33-26)22-15-37-24(32-22)17-6-5-7-18(14-17)27(36)11-13-34(2)25(27)35/h3-10,12,14-16,36H,11,13H2,1-2H3,(H,30,31)(H,28,29,33). The van der Waals surface area contributed by atoms with Crippen LogP contribution in [0, 0.1) is 0 Å². The molecule has 0 radical (unpaired) electrons. The second-order valence-electron chi connectivity index (χ2n) is 9.23. The molecule has 37 heavy (non-hydrogen) atoms. The summed E-state index contributed by atoms with van der Waals surface area (Å²) < 4.78 is 0. The van der Waals surface area contributed by atoms with E-state index >= 15 is 0 Å². The van der Waals surface area contributed by atoms with Crippen LogP contribution in [0.4, 0.5) is 5.95 Å². The van der Waals surface area contributed by atoms with Gasteiger partial charge in [-0.2, -0.15) is 0 Å². The largest absolute Gasteiger partial charge is 0.375 e. The summed E-state index contributed by atoms with van der Waals surface area (Å²) in [6.07, 6.45) is 2.07. The first kappa shape index (κ1) is 23.3. The van der Waals surface area contributed by atoms with Crippen LogP contribution in [0.5, 0.6) is 0 Å². The summed E-state index contributed by atoms with van der Waals surface area (Å²) in [6, 6.07) is 17.0. The Morgan fingerprint density at radius 2 is 1.97 bits per heavy atom. The number of anilines is 1. The molecule has 6 rings (SSSR count). The van der Waals surface area contributed by atoms with Crippen molar-refractivity contribution in [3.8, 4) is 22.0 Å². The lowest BCUT2D eigenvalue weighted by Crippen LogP contribution is -2.36. The zero-order chi connectivity index (χ0) is 25.6. The third-order valence-corrected chi connectivity index (χ3v) is 7.57. The Bertz CT molecular complexity index is 1580. The van der Waals surface area contributed by atoms with Crippen molar-refractivity contribution in [2.45, 2.75) is 25.0 Å². The molecule has 1 fully saturated rings. The number of para-hydroxylation sites is 2. The molecule has 0 bridgehead atoms. The number of likely N-dealkylation sites (N-methyl/N-ethyl adjacent to an activating group) is 1. The second kappa shape index (κ2) is 9.06. The van der Waals surface area contributed by atoms with E-state index in [0.717, 1.165) is 33.1 Å². The van der Waals surface area contributed by atoms with E-state index in [1.54, 1.807) is 24.2 Å². The van der Waals surface area contributed by atoms with Gasteiger partial charge in [0.25, 0.3) is 5.91 Å². The fourth-order valence-electron chi connectivity index (χ4n) is 4.57. The second-order valence-corrected chi connectivity index (χ2v) is 10.1. The highest BCUT2D eigenvalue weighted by Crippen LogP contribution is 2.36. The van der Waals surface area contributed by atoms with Crippen LogP contribution in [0.3, 0.4) is 0 Å². The lowest BCUT2D eigenvalue weighted by Gasteiger charge is -2.21. The number of hydrogen-bond acceptors (Lipinski definition) is 8. The summed E-state index contributed by atoms with van der Waals surface area (Å²) in [5.41, 5.74) is 3.25. The van der Waals surface area contributed by atoms with Gasteiger partial charge in [-0.05, 0) is 36.8 Å². The molecule has 2 aromatic carbocycles. The van der Waals surface area contributed by atoms with Crippen molar-refractivity contribution in [3.63, 3.8) is 0 Å². The van der Waals surface area contributed by atoms with Crippen LogP contribution >= 0.6 is 11.3 Å². The highest BCUT2D eigenvalue weighted by Gasteiger charge is 2.45. The number of hydrogen-bond donors (Lipinski definition) is 3. The summed E-state index contributed by atoms with van der Waals surface area (Å²) in [6.45, 7) is 2.53. The highest BCUT2D eigenvalue weighted by molar-refractivity contribution is 7.13. The SMILES string of the molecule is CC(Nc1nccc(-c2csc(-c3cccc(C4(O)CCN(C)C4=O)c3)n2)n1)c1nc2ccccc2[nH]1. The van der Waals surface area contributed by atoms with Gasteiger partial charge >= 0.3 is 0 Å². The Kier molecular flexibility index (Phi) is 5.69. The van der Waals surface area contributed by atoms with Gasteiger partial charge in [0.1, 0.15) is 16.5 Å². The highest BCUT2D eigenvalue weighted by atomic mass is 32.1. The Balaban J connectivity index is 1.23. The average Bonchev–Trinajstić information content (AvgIpc) is 3.65. The number of carbonyl (C=O) groups is 1. The predicted molar refractivity (Wildman–Crippen MR) is 143 cm³/mol. The number of fused-ring (bicyclic) bond motifs is 1. The Labute approximate surface area is 217 Å². The van der Waals surface area contributed by atoms with Gasteiger partial charge in [0.05, 0.1) is 22.8 Å². The normalized spacial score (nSPS) is 18.5. The molecule has 0 spiro atoms. The first-order valence-electron chi connectivity index (χ1n) is 12.0. The number of rotatable bonds is 6.